The Morgan fingerprint density at radius 2 is 0.883 bits per heavy atom. The van der Waals surface area contributed by atoms with E-state index in [1.165, 1.54) is 116 Å². The van der Waals surface area contributed by atoms with Crippen LogP contribution in [-0.2, 0) is 14.3 Å². The maximum atomic E-state index is 13.2. The largest absolute Gasteiger partial charge is 0.462 e. The first-order chi connectivity index (χ1) is 29.5. The Kier molecular flexibility index (Phi) is 45.7. The molecule has 0 saturated carbocycles. The molecule has 0 aliphatic heterocycles. The molecule has 0 rings (SSSR count). The summed E-state index contributed by atoms with van der Waals surface area (Å²) in [6.45, 7) is 6.42. The molecule has 0 aromatic heterocycles. The van der Waals surface area contributed by atoms with Gasteiger partial charge in [0.25, 0.3) is 0 Å². The van der Waals surface area contributed by atoms with Gasteiger partial charge in [0, 0.05) is 6.42 Å². The van der Waals surface area contributed by atoms with Crippen molar-refractivity contribution in [3.8, 4) is 0 Å². The molecule has 348 valence electrons. The summed E-state index contributed by atoms with van der Waals surface area (Å²) in [6.07, 6.45) is 58.5. The van der Waals surface area contributed by atoms with Crippen LogP contribution >= 0.6 is 0 Å². The molecule has 0 aromatic rings. The molecule has 0 aliphatic carbocycles. The Hall–Kier alpha value is -2.44. The van der Waals surface area contributed by atoms with Crippen molar-refractivity contribution < 1.29 is 24.5 Å². The summed E-state index contributed by atoms with van der Waals surface area (Å²) in [5.74, 6) is -0.529. The van der Waals surface area contributed by atoms with Crippen LogP contribution in [0.1, 0.15) is 245 Å². The van der Waals surface area contributed by atoms with Gasteiger partial charge in [0.15, 0.2) is 0 Å². The average Bonchev–Trinajstić information content (AvgIpc) is 3.24. The van der Waals surface area contributed by atoms with Crippen molar-refractivity contribution in [3.63, 3.8) is 0 Å². The number of aliphatic hydroxyl groups excluding tert-OH is 2. The summed E-state index contributed by atoms with van der Waals surface area (Å²) in [5, 5.41) is 23.7. The Morgan fingerprint density at radius 1 is 0.483 bits per heavy atom. The SMILES string of the molecule is CCCCC/C=C/C=C/C=C/C=C/CCCCCCCC(=O)OC(CCC/C=C\CCCCCCCC)CC(=O)NC(CO)C(O)CCCCCCCCCCCCCC. The summed E-state index contributed by atoms with van der Waals surface area (Å²) in [6, 6.07) is -0.715. The number of rotatable bonds is 45. The fourth-order valence-electron chi connectivity index (χ4n) is 7.50. The number of nitrogens with one attached hydrogen (secondary N) is 1. The molecule has 3 N–H and O–H groups in total. The summed E-state index contributed by atoms with van der Waals surface area (Å²) < 4.78 is 5.90. The van der Waals surface area contributed by atoms with Gasteiger partial charge in [-0.1, -0.05) is 223 Å². The van der Waals surface area contributed by atoms with E-state index in [0.29, 0.717) is 19.3 Å². The van der Waals surface area contributed by atoms with Crippen molar-refractivity contribution in [1.29, 1.82) is 0 Å². The van der Waals surface area contributed by atoms with E-state index in [0.717, 1.165) is 83.5 Å². The topological polar surface area (TPSA) is 95.9 Å². The number of hydrogen-bond acceptors (Lipinski definition) is 5. The second-order valence-electron chi connectivity index (χ2n) is 17.3. The Morgan fingerprint density at radius 3 is 1.40 bits per heavy atom. The third-order valence-electron chi connectivity index (χ3n) is 11.4. The van der Waals surface area contributed by atoms with E-state index in [4.69, 9.17) is 4.74 Å². The highest BCUT2D eigenvalue weighted by Crippen LogP contribution is 2.17. The van der Waals surface area contributed by atoms with Gasteiger partial charge in [-0.15, -0.1) is 0 Å². The van der Waals surface area contributed by atoms with Gasteiger partial charge in [0.1, 0.15) is 6.10 Å². The van der Waals surface area contributed by atoms with Crippen LogP contribution in [0.15, 0.2) is 60.8 Å². The summed E-state index contributed by atoms with van der Waals surface area (Å²) in [5.41, 5.74) is 0. The lowest BCUT2D eigenvalue weighted by molar-refractivity contribution is -0.151. The van der Waals surface area contributed by atoms with Crippen molar-refractivity contribution in [2.75, 3.05) is 6.61 Å². The average molecular weight is 840 g/mol. The van der Waals surface area contributed by atoms with Gasteiger partial charge in [-0.25, -0.2) is 0 Å². The molecule has 6 heteroatoms. The number of carbonyl (C=O) groups excluding carboxylic acids is 2. The van der Waals surface area contributed by atoms with E-state index in [2.05, 4.69) is 86.8 Å². The fraction of sp³-hybridized carbons (Fsp3) is 0.778. The lowest BCUT2D eigenvalue weighted by Gasteiger charge is -2.24. The lowest BCUT2D eigenvalue weighted by atomic mass is 10.0. The van der Waals surface area contributed by atoms with Crippen LogP contribution in [0.4, 0.5) is 0 Å². The Labute approximate surface area is 371 Å². The number of amides is 1. The minimum Gasteiger partial charge on any atom is -0.462 e. The zero-order valence-corrected chi connectivity index (χ0v) is 39.6. The Bertz CT molecular complexity index is 1080. The first-order valence-corrected chi connectivity index (χ1v) is 25.6. The van der Waals surface area contributed by atoms with Gasteiger partial charge >= 0.3 is 5.97 Å². The van der Waals surface area contributed by atoms with Crippen molar-refractivity contribution in [2.24, 2.45) is 0 Å². The van der Waals surface area contributed by atoms with Crippen LogP contribution in [0, 0.1) is 0 Å². The number of esters is 1. The van der Waals surface area contributed by atoms with Crippen LogP contribution < -0.4 is 5.32 Å². The first-order valence-electron chi connectivity index (χ1n) is 25.6. The quantitative estimate of drug-likeness (QED) is 0.0246. The molecule has 0 bridgehead atoms. The minimum absolute atomic E-state index is 0.0458. The van der Waals surface area contributed by atoms with Crippen molar-refractivity contribution in [1.82, 2.24) is 5.32 Å². The van der Waals surface area contributed by atoms with E-state index in [-0.39, 0.29) is 24.9 Å². The minimum atomic E-state index is -0.799. The number of ether oxygens (including phenoxy) is 1. The van der Waals surface area contributed by atoms with E-state index in [9.17, 15) is 19.8 Å². The molecule has 6 nitrogen and oxygen atoms in total. The molecule has 0 spiro atoms. The molecule has 0 aromatic carbocycles. The smallest absolute Gasteiger partial charge is 0.306 e. The summed E-state index contributed by atoms with van der Waals surface area (Å²) in [7, 11) is 0. The number of allylic oxidation sites excluding steroid dienone is 10. The number of unbranched alkanes of at least 4 members (excludes halogenated alkanes) is 26. The third-order valence-corrected chi connectivity index (χ3v) is 11.4. The van der Waals surface area contributed by atoms with Gasteiger partial charge in [0.2, 0.25) is 5.91 Å². The highest BCUT2D eigenvalue weighted by atomic mass is 16.5. The maximum absolute atomic E-state index is 13.2. The molecule has 1 amide bonds. The monoisotopic (exact) mass is 840 g/mol. The van der Waals surface area contributed by atoms with Gasteiger partial charge < -0.3 is 20.3 Å². The van der Waals surface area contributed by atoms with Gasteiger partial charge in [0.05, 0.1) is 25.2 Å². The second kappa shape index (κ2) is 47.6. The second-order valence-corrected chi connectivity index (χ2v) is 17.3. The highest BCUT2D eigenvalue weighted by molar-refractivity contribution is 5.77. The number of aliphatic hydroxyl groups is 2. The van der Waals surface area contributed by atoms with E-state index in [1.54, 1.807) is 0 Å². The van der Waals surface area contributed by atoms with Crippen LogP contribution in [0.3, 0.4) is 0 Å². The van der Waals surface area contributed by atoms with E-state index < -0.39 is 18.2 Å². The molecular formula is C54H97NO5. The predicted molar refractivity (Wildman–Crippen MR) is 259 cm³/mol. The lowest BCUT2D eigenvalue weighted by Crippen LogP contribution is -2.46. The molecule has 0 heterocycles. The molecule has 3 unspecified atom stereocenters. The Balaban J connectivity index is 4.61. The molecule has 0 radical (unpaired) electrons. The number of carbonyl (C=O) groups is 2. The zero-order chi connectivity index (χ0) is 43.8. The normalized spacial score (nSPS) is 13.8. The van der Waals surface area contributed by atoms with Crippen LogP contribution in [-0.4, -0.2) is 46.9 Å². The summed E-state index contributed by atoms with van der Waals surface area (Å²) >= 11 is 0. The third kappa shape index (κ3) is 42.3. The van der Waals surface area contributed by atoms with Gasteiger partial charge in [-0.05, 0) is 70.6 Å². The van der Waals surface area contributed by atoms with Crippen LogP contribution in [0.5, 0.6) is 0 Å². The summed E-state index contributed by atoms with van der Waals surface area (Å²) in [4.78, 5) is 26.1. The molecule has 3 atom stereocenters. The standard InChI is InChI=1S/C54H97NO5/c1-4-7-10-13-16-19-22-24-25-26-27-28-29-32-35-38-41-44-47-54(59)60-50(45-42-39-36-33-30-21-18-15-12-9-6-3)48-53(58)55-51(49-56)52(57)46-43-40-37-34-31-23-20-17-14-11-8-5-2/h16,19,22,24-28,33,36,50-52,56-57H,4-15,17-18,20-21,23,29-32,34-35,37-49H2,1-3H3,(H,55,58)/b19-16+,24-22+,26-25+,28-27+,36-33-. The van der Waals surface area contributed by atoms with Crippen LogP contribution in [0.2, 0.25) is 0 Å². The van der Waals surface area contributed by atoms with E-state index >= 15 is 0 Å². The molecule has 0 saturated heterocycles. The molecule has 0 fully saturated rings. The van der Waals surface area contributed by atoms with Crippen molar-refractivity contribution in [2.45, 2.75) is 264 Å². The molecule has 0 aliphatic rings. The van der Waals surface area contributed by atoms with Gasteiger partial charge in [-0.2, -0.15) is 0 Å². The maximum Gasteiger partial charge on any atom is 0.306 e. The van der Waals surface area contributed by atoms with Crippen LogP contribution in [0.25, 0.3) is 0 Å². The molecule has 60 heavy (non-hydrogen) atoms. The van der Waals surface area contributed by atoms with Crippen molar-refractivity contribution >= 4 is 11.9 Å². The molecular weight excluding hydrogens is 743 g/mol. The fourth-order valence-corrected chi connectivity index (χ4v) is 7.50. The predicted octanol–water partition coefficient (Wildman–Crippen LogP) is 15.2. The number of hydrogen-bond donors (Lipinski definition) is 3. The van der Waals surface area contributed by atoms with E-state index in [1.807, 2.05) is 0 Å². The van der Waals surface area contributed by atoms with Gasteiger partial charge in [-0.3, -0.25) is 9.59 Å². The first kappa shape index (κ1) is 57.6. The van der Waals surface area contributed by atoms with Crippen molar-refractivity contribution in [3.05, 3.63) is 60.8 Å². The highest BCUT2D eigenvalue weighted by Gasteiger charge is 2.24. The zero-order valence-electron chi connectivity index (χ0n) is 39.6.